The number of nitrogens with zero attached hydrogens (tertiary/aromatic N) is 5. The van der Waals surface area contributed by atoms with E-state index < -0.39 is 0 Å². The maximum Gasteiger partial charge on any atom is 0.248 e. The van der Waals surface area contributed by atoms with Gasteiger partial charge in [-0.2, -0.15) is 0 Å². The molecule has 0 bridgehead atoms. The lowest BCUT2D eigenvalue weighted by atomic mass is 10.2. The van der Waals surface area contributed by atoms with Gasteiger partial charge in [0.05, 0.1) is 22.2 Å². The molecule has 152 valence electrons. The average molecular weight is 414 g/mol. The van der Waals surface area contributed by atoms with Crippen LogP contribution in [0.1, 0.15) is 6.42 Å². The molecule has 1 fully saturated rings. The lowest BCUT2D eigenvalue weighted by molar-refractivity contribution is -0.135. The van der Waals surface area contributed by atoms with Gasteiger partial charge in [0.15, 0.2) is 0 Å². The van der Waals surface area contributed by atoms with Gasteiger partial charge < -0.3 is 19.1 Å². The first-order valence-corrected chi connectivity index (χ1v) is 9.96. The fourth-order valence-corrected chi connectivity index (χ4v) is 3.74. The summed E-state index contributed by atoms with van der Waals surface area (Å²) >= 11 is 6.48. The summed E-state index contributed by atoms with van der Waals surface area (Å²) in [6.45, 7) is 1.61. The number of benzene rings is 1. The van der Waals surface area contributed by atoms with Crippen LogP contribution >= 0.6 is 11.6 Å². The monoisotopic (exact) mass is 413 g/mol. The molecule has 1 amide bonds. The number of hydrogen-bond acceptors (Lipinski definition) is 5. The average Bonchev–Trinajstić information content (AvgIpc) is 3.32. The summed E-state index contributed by atoms with van der Waals surface area (Å²) in [7, 11) is 5.45. The van der Waals surface area contributed by atoms with Gasteiger partial charge in [-0.25, -0.2) is 9.97 Å². The number of fused-ring (bicyclic) bond motifs is 1. The fourth-order valence-electron chi connectivity index (χ4n) is 3.55. The van der Waals surface area contributed by atoms with Gasteiger partial charge in [0.2, 0.25) is 5.91 Å². The van der Waals surface area contributed by atoms with Crippen LogP contribution in [0.15, 0.2) is 36.5 Å². The number of likely N-dealkylation sites (N-methyl/N-ethyl adjacent to an activating group) is 1. The van der Waals surface area contributed by atoms with E-state index in [0.717, 1.165) is 41.2 Å². The second-order valence-corrected chi connectivity index (χ2v) is 7.87. The van der Waals surface area contributed by atoms with E-state index in [2.05, 4.69) is 9.88 Å². The summed E-state index contributed by atoms with van der Waals surface area (Å²) < 4.78 is 7.82. The number of para-hydroxylation sites is 2. The molecule has 1 aliphatic heterocycles. The number of halogens is 1. The van der Waals surface area contributed by atoms with Crippen molar-refractivity contribution in [2.45, 2.75) is 12.5 Å². The molecule has 0 spiro atoms. The Morgan fingerprint density at radius 3 is 2.90 bits per heavy atom. The lowest BCUT2D eigenvalue weighted by Gasteiger charge is -2.19. The molecular weight excluding hydrogens is 390 g/mol. The topological polar surface area (TPSA) is 63.5 Å². The Balaban J connectivity index is 1.55. The Labute approximate surface area is 174 Å². The largest absolute Gasteiger partial charge is 0.366 e. The highest BCUT2D eigenvalue weighted by Gasteiger charge is 2.26. The van der Waals surface area contributed by atoms with E-state index in [4.69, 9.17) is 21.3 Å². The Kier molecular flexibility index (Phi) is 5.43. The second kappa shape index (κ2) is 8.00. The van der Waals surface area contributed by atoms with Crippen LogP contribution in [-0.4, -0.2) is 65.2 Å². The van der Waals surface area contributed by atoms with Crippen LogP contribution in [0.5, 0.6) is 0 Å². The number of carbonyl (C=O) groups excluding carboxylic acids is 1. The van der Waals surface area contributed by atoms with E-state index in [1.165, 1.54) is 4.90 Å². The minimum atomic E-state index is -0.0304. The van der Waals surface area contributed by atoms with Crippen molar-refractivity contribution in [1.29, 1.82) is 0 Å². The maximum atomic E-state index is 11.7. The number of carbonyl (C=O) groups is 1. The van der Waals surface area contributed by atoms with Crippen LogP contribution in [0.4, 0.5) is 5.82 Å². The number of aromatic nitrogens is 3. The number of anilines is 1. The van der Waals surface area contributed by atoms with E-state index in [1.54, 1.807) is 20.3 Å². The van der Waals surface area contributed by atoms with Crippen molar-refractivity contribution in [1.82, 2.24) is 19.4 Å². The second-order valence-electron chi connectivity index (χ2n) is 7.46. The number of amides is 1. The first kappa shape index (κ1) is 19.7. The number of pyridine rings is 1. The quantitative estimate of drug-likeness (QED) is 0.643. The molecule has 1 aliphatic rings. The number of imidazole rings is 1. The number of rotatable bonds is 5. The first-order chi connectivity index (χ1) is 13.9. The Morgan fingerprint density at radius 2 is 2.14 bits per heavy atom. The molecule has 0 N–H and O–H groups in total. The molecule has 0 saturated carbocycles. The SMILES string of the molecule is CN(C)C(=O)CO[C@@H]1CCN(c2cc(-c3nc4ccccc4n3C)c(Cl)cn2)C1. The van der Waals surface area contributed by atoms with E-state index in [0.29, 0.717) is 11.6 Å². The molecule has 8 heteroatoms. The molecule has 0 radical (unpaired) electrons. The van der Waals surface area contributed by atoms with Gasteiger partial charge in [-0.15, -0.1) is 0 Å². The van der Waals surface area contributed by atoms with E-state index >= 15 is 0 Å². The minimum absolute atomic E-state index is 0.00979. The molecule has 0 aliphatic carbocycles. The summed E-state index contributed by atoms with van der Waals surface area (Å²) in [5, 5.41) is 0.565. The predicted octanol–water partition coefficient (Wildman–Crippen LogP) is 2.97. The molecule has 0 unspecified atom stereocenters. The maximum absolute atomic E-state index is 11.7. The van der Waals surface area contributed by atoms with Gasteiger partial charge in [-0.05, 0) is 24.6 Å². The van der Waals surface area contributed by atoms with Crippen LogP contribution in [0.25, 0.3) is 22.4 Å². The Morgan fingerprint density at radius 1 is 1.34 bits per heavy atom. The van der Waals surface area contributed by atoms with Crippen molar-refractivity contribution < 1.29 is 9.53 Å². The minimum Gasteiger partial charge on any atom is -0.366 e. The molecular formula is C21H24ClN5O2. The Bertz CT molecular complexity index is 1050. The van der Waals surface area contributed by atoms with E-state index in [1.807, 2.05) is 41.9 Å². The summed E-state index contributed by atoms with van der Waals surface area (Å²) in [6, 6.07) is 9.99. The summed E-state index contributed by atoms with van der Waals surface area (Å²) in [5.41, 5.74) is 2.83. The van der Waals surface area contributed by atoms with Crippen molar-refractivity contribution >= 4 is 34.4 Å². The van der Waals surface area contributed by atoms with Gasteiger partial charge in [0.1, 0.15) is 18.2 Å². The van der Waals surface area contributed by atoms with Gasteiger partial charge in [-0.1, -0.05) is 23.7 Å². The zero-order chi connectivity index (χ0) is 20.5. The molecule has 4 rings (SSSR count). The number of hydrogen-bond donors (Lipinski definition) is 0. The zero-order valence-corrected chi connectivity index (χ0v) is 17.6. The molecule has 2 aromatic heterocycles. The third kappa shape index (κ3) is 3.93. The standard InChI is InChI=1S/C21H24ClN5O2/c1-25(2)20(28)13-29-14-8-9-27(12-14)19-10-15(16(22)11-23-19)21-24-17-6-4-5-7-18(17)26(21)3/h4-7,10-11,14H,8-9,12-13H2,1-3H3/t14-/m1/s1. The van der Waals surface area contributed by atoms with Crippen LogP contribution in [0, 0.1) is 0 Å². The van der Waals surface area contributed by atoms with Crippen molar-refractivity contribution in [2.24, 2.45) is 7.05 Å². The molecule has 1 atom stereocenters. The van der Waals surface area contributed by atoms with Crippen LogP contribution < -0.4 is 4.90 Å². The van der Waals surface area contributed by atoms with E-state index in [-0.39, 0.29) is 18.6 Å². The molecule has 29 heavy (non-hydrogen) atoms. The fraction of sp³-hybridized carbons (Fsp3) is 0.381. The molecule has 1 aromatic carbocycles. The van der Waals surface area contributed by atoms with Crippen LogP contribution in [-0.2, 0) is 16.6 Å². The predicted molar refractivity (Wildman–Crippen MR) is 114 cm³/mol. The third-order valence-electron chi connectivity index (χ3n) is 5.28. The Hall–Kier alpha value is -2.64. The molecule has 7 nitrogen and oxygen atoms in total. The van der Waals surface area contributed by atoms with Gasteiger partial charge in [0, 0.05) is 46.0 Å². The smallest absolute Gasteiger partial charge is 0.248 e. The first-order valence-electron chi connectivity index (χ1n) is 9.58. The lowest BCUT2D eigenvalue weighted by Crippen LogP contribution is -2.30. The van der Waals surface area contributed by atoms with Gasteiger partial charge >= 0.3 is 0 Å². The molecule has 3 aromatic rings. The zero-order valence-electron chi connectivity index (χ0n) is 16.8. The normalized spacial score (nSPS) is 16.6. The van der Waals surface area contributed by atoms with Crippen molar-refractivity contribution in [3.05, 3.63) is 41.6 Å². The van der Waals surface area contributed by atoms with Crippen molar-refractivity contribution in [3.63, 3.8) is 0 Å². The van der Waals surface area contributed by atoms with Gasteiger partial charge in [-0.3, -0.25) is 4.79 Å². The van der Waals surface area contributed by atoms with Gasteiger partial charge in [0.25, 0.3) is 0 Å². The summed E-state index contributed by atoms with van der Waals surface area (Å²) in [4.78, 5) is 24.7. The highest BCUT2D eigenvalue weighted by molar-refractivity contribution is 6.33. The molecule has 1 saturated heterocycles. The summed E-state index contributed by atoms with van der Waals surface area (Å²) in [6.07, 6.45) is 2.54. The van der Waals surface area contributed by atoms with Crippen LogP contribution in [0.2, 0.25) is 5.02 Å². The van der Waals surface area contributed by atoms with Crippen molar-refractivity contribution in [2.75, 3.05) is 38.7 Å². The van der Waals surface area contributed by atoms with Crippen molar-refractivity contribution in [3.8, 4) is 11.4 Å². The number of aryl methyl sites for hydroxylation is 1. The van der Waals surface area contributed by atoms with Crippen LogP contribution in [0.3, 0.4) is 0 Å². The highest BCUT2D eigenvalue weighted by atomic mass is 35.5. The van der Waals surface area contributed by atoms with E-state index in [9.17, 15) is 4.79 Å². The summed E-state index contributed by atoms with van der Waals surface area (Å²) in [5.74, 6) is 1.61. The number of ether oxygens (including phenoxy) is 1. The highest BCUT2D eigenvalue weighted by Crippen LogP contribution is 2.32. The molecule has 3 heterocycles. The third-order valence-corrected chi connectivity index (χ3v) is 5.58.